The second-order valence-corrected chi connectivity index (χ2v) is 5.20. The fourth-order valence-electron chi connectivity index (χ4n) is 2.97. The molecule has 1 N–H and O–H groups in total. The Morgan fingerprint density at radius 1 is 1.50 bits per heavy atom. The summed E-state index contributed by atoms with van der Waals surface area (Å²) >= 11 is 0. The summed E-state index contributed by atoms with van der Waals surface area (Å²) in [6.45, 7) is 2.38. The maximum atomic E-state index is 11.0. The number of carboxylic acid groups (broad SMARTS) is 1. The molecule has 0 aromatic carbocycles. The lowest BCUT2D eigenvalue weighted by Crippen LogP contribution is -2.27. The van der Waals surface area contributed by atoms with E-state index in [-0.39, 0.29) is 5.92 Å². The van der Waals surface area contributed by atoms with Gasteiger partial charge in [0.1, 0.15) is 5.82 Å². The molecule has 0 radical (unpaired) electrons. The number of fused-ring (bicyclic) bond motifs is 1. The van der Waals surface area contributed by atoms with Crippen molar-refractivity contribution in [3.8, 4) is 0 Å². The SMILES string of the molecule is O=C(O)C1CCn2c(cnc2C2CCCOC2)C1. The van der Waals surface area contributed by atoms with Crippen LogP contribution < -0.4 is 0 Å². The van der Waals surface area contributed by atoms with Crippen molar-refractivity contribution in [1.82, 2.24) is 9.55 Å². The van der Waals surface area contributed by atoms with Crippen LogP contribution in [0.1, 0.15) is 36.7 Å². The van der Waals surface area contributed by atoms with E-state index < -0.39 is 5.97 Å². The Morgan fingerprint density at radius 3 is 3.11 bits per heavy atom. The molecule has 1 aromatic heterocycles. The van der Waals surface area contributed by atoms with Crippen LogP contribution in [-0.4, -0.2) is 33.8 Å². The van der Waals surface area contributed by atoms with E-state index in [1.165, 1.54) is 0 Å². The largest absolute Gasteiger partial charge is 0.481 e. The van der Waals surface area contributed by atoms with Crippen molar-refractivity contribution in [1.29, 1.82) is 0 Å². The quantitative estimate of drug-likeness (QED) is 0.862. The number of aliphatic carboxylic acids is 1. The first-order valence-electron chi connectivity index (χ1n) is 6.60. The summed E-state index contributed by atoms with van der Waals surface area (Å²) < 4.78 is 7.72. The zero-order valence-electron chi connectivity index (χ0n) is 10.3. The van der Waals surface area contributed by atoms with Crippen LogP contribution >= 0.6 is 0 Å². The smallest absolute Gasteiger partial charge is 0.306 e. The molecule has 5 heteroatoms. The number of hydrogen-bond acceptors (Lipinski definition) is 3. The highest BCUT2D eigenvalue weighted by molar-refractivity contribution is 5.70. The summed E-state index contributed by atoms with van der Waals surface area (Å²) in [5, 5.41) is 9.07. The van der Waals surface area contributed by atoms with Crippen LogP contribution in [0.4, 0.5) is 0 Å². The Bertz CT molecular complexity index is 449. The van der Waals surface area contributed by atoms with E-state index in [9.17, 15) is 4.79 Å². The summed E-state index contributed by atoms with van der Waals surface area (Å²) in [6, 6.07) is 0. The number of carbonyl (C=O) groups is 1. The molecule has 2 aliphatic heterocycles. The van der Waals surface area contributed by atoms with E-state index in [4.69, 9.17) is 9.84 Å². The Kier molecular flexibility index (Phi) is 3.07. The van der Waals surface area contributed by atoms with Crippen LogP contribution in [0.2, 0.25) is 0 Å². The third kappa shape index (κ3) is 2.03. The van der Waals surface area contributed by atoms with E-state index in [2.05, 4.69) is 9.55 Å². The number of nitrogens with zero attached hydrogens (tertiary/aromatic N) is 2. The predicted molar refractivity (Wildman–Crippen MR) is 64.5 cm³/mol. The van der Waals surface area contributed by atoms with Crippen molar-refractivity contribution in [2.24, 2.45) is 5.92 Å². The number of aromatic nitrogens is 2. The third-order valence-corrected chi connectivity index (χ3v) is 4.00. The molecule has 0 spiro atoms. The average molecular weight is 250 g/mol. The highest BCUT2D eigenvalue weighted by Crippen LogP contribution is 2.29. The molecule has 0 bridgehead atoms. The first kappa shape index (κ1) is 11.7. The summed E-state index contributed by atoms with van der Waals surface area (Å²) in [6.07, 6.45) is 5.37. The van der Waals surface area contributed by atoms with Gasteiger partial charge in [-0.3, -0.25) is 4.79 Å². The maximum absolute atomic E-state index is 11.0. The van der Waals surface area contributed by atoms with Gasteiger partial charge in [0.25, 0.3) is 0 Å². The fourth-order valence-corrected chi connectivity index (χ4v) is 2.97. The Labute approximate surface area is 106 Å². The Hall–Kier alpha value is -1.36. The first-order chi connectivity index (χ1) is 8.75. The Balaban J connectivity index is 1.81. The van der Waals surface area contributed by atoms with Crippen molar-refractivity contribution in [2.45, 2.75) is 38.1 Å². The van der Waals surface area contributed by atoms with Crippen LogP contribution in [0.25, 0.3) is 0 Å². The van der Waals surface area contributed by atoms with Crippen LogP contribution in [0.15, 0.2) is 6.20 Å². The van der Waals surface area contributed by atoms with Crippen molar-refractivity contribution in [3.05, 3.63) is 17.7 Å². The van der Waals surface area contributed by atoms with Gasteiger partial charge in [0.05, 0.1) is 12.5 Å². The first-order valence-corrected chi connectivity index (χ1v) is 6.60. The molecule has 1 fully saturated rings. The predicted octanol–water partition coefficient (Wildman–Crippen LogP) is 1.42. The lowest BCUT2D eigenvalue weighted by atomic mass is 9.95. The van der Waals surface area contributed by atoms with Gasteiger partial charge in [-0.2, -0.15) is 0 Å². The zero-order valence-corrected chi connectivity index (χ0v) is 10.3. The van der Waals surface area contributed by atoms with Gasteiger partial charge in [-0.15, -0.1) is 0 Å². The monoisotopic (exact) mass is 250 g/mol. The summed E-state index contributed by atoms with van der Waals surface area (Å²) in [4.78, 5) is 15.5. The molecule has 0 saturated carbocycles. The molecular formula is C13H18N2O3. The van der Waals surface area contributed by atoms with E-state index in [1.807, 2.05) is 6.20 Å². The number of imidazole rings is 1. The molecular weight excluding hydrogens is 232 g/mol. The van der Waals surface area contributed by atoms with Gasteiger partial charge >= 0.3 is 5.97 Å². The normalized spacial score (nSPS) is 27.8. The van der Waals surface area contributed by atoms with E-state index in [0.29, 0.717) is 18.8 Å². The number of carboxylic acids is 1. The molecule has 2 atom stereocenters. The highest BCUT2D eigenvalue weighted by Gasteiger charge is 2.29. The zero-order chi connectivity index (χ0) is 12.5. The lowest BCUT2D eigenvalue weighted by molar-refractivity contribution is -0.142. The van der Waals surface area contributed by atoms with Gasteiger partial charge in [-0.25, -0.2) is 4.98 Å². The molecule has 3 rings (SSSR count). The van der Waals surface area contributed by atoms with Gasteiger partial charge in [0.15, 0.2) is 0 Å². The summed E-state index contributed by atoms with van der Waals surface area (Å²) in [5.41, 5.74) is 1.06. The second-order valence-electron chi connectivity index (χ2n) is 5.20. The van der Waals surface area contributed by atoms with Crippen molar-refractivity contribution >= 4 is 5.97 Å². The van der Waals surface area contributed by atoms with Crippen LogP contribution in [0.3, 0.4) is 0 Å². The molecule has 98 valence electrons. The summed E-state index contributed by atoms with van der Waals surface area (Å²) in [5.74, 6) is 0.539. The molecule has 1 aromatic rings. The van der Waals surface area contributed by atoms with Gasteiger partial charge in [0, 0.05) is 37.4 Å². The maximum Gasteiger partial charge on any atom is 0.306 e. The van der Waals surface area contributed by atoms with E-state index >= 15 is 0 Å². The average Bonchev–Trinajstić information content (AvgIpc) is 2.82. The topological polar surface area (TPSA) is 64.3 Å². The molecule has 2 unspecified atom stereocenters. The van der Waals surface area contributed by atoms with Gasteiger partial charge in [0.2, 0.25) is 0 Å². The third-order valence-electron chi connectivity index (χ3n) is 4.00. The van der Waals surface area contributed by atoms with E-state index in [1.54, 1.807) is 0 Å². The summed E-state index contributed by atoms with van der Waals surface area (Å²) in [7, 11) is 0. The minimum absolute atomic E-state index is 0.246. The molecule has 18 heavy (non-hydrogen) atoms. The molecule has 1 saturated heterocycles. The second kappa shape index (κ2) is 4.72. The van der Waals surface area contributed by atoms with Crippen molar-refractivity contribution in [3.63, 3.8) is 0 Å². The molecule has 2 aliphatic rings. The minimum Gasteiger partial charge on any atom is -0.481 e. The van der Waals surface area contributed by atoms with Crippen LogP contribution in [-0.2, 0) is 22.5 Å². The minimum atomic E-state index is -0.690. The van der Waals surface area contributed by atoms with E-state index in [0.717, 1.165) is 44.1 Å². The fraction of sp³-hybridized carbons (Fsp3) is 0.692. The number of hydrogen-bond donors (Lipinski definition) is 1. The van der Waals surface area contributed by atoms with Crippen LogP contribution in [0.5, 0.6) is 0 Å². The molecule has 0 amide bonds. The molecule has 3 heterocycles. The number of rotatable bonds is 2. The highest BCUT2D eigenvalue weighted by atomic mass is 16.5. The van der Waals surface area contributed by atoms with Crippen molar-refractivity contribution in [2.75, 3.05) is 13.2 Å². The lowest BCUT2D eigenvalue weighted by Gasteiger charge is -2.26. The van der Waals surface area contributed by atoms with Gasteiger partial charge in [-0.1, -0.05) is 0 Å². The standard InChI is InChI=1S/C13H18N2O3/c16-13(17)9-3-4-15-11(6-9)7-14-12(15)10-2-1-5-18-8-10/h7,9-10H,1-6,8H2,(H,16,17). The molecule has 5 nitrogen and oxygen atoms in total. The molecule has 0 aliphatic carbocycles. The van der Waals surface area contributed by atoms with Gasteiger partial charge in [-0.05, 0) is 19.3 Å². The van der Waals surface area contributed by atoms with Crippen LogP contribution in [0, 0.1) is 5.92 Å². The Morgan fingerprint density at radius 2 is 2.39 bits per heavy atom. The van der Waals surface area contributed by atoms with Gasteiger partial charge < -0.3 is 14.4 Å². The van der Waals surface area contributed by atoms with Crippen molar-refractivity contribution < 1.29 is 14.6 Å². The number of ether oxygens (including phenoxy) is 1.